The number of rotatable bonds is 7. The number of nitrogens with one attached hydrogen (secondary N) is 1. The van der Waals surface area contributed by atoms with Gasteiger partial charge in [0, 0.05) is 25.3 Å². The second kappa shape index (κ2) is 6.76. The molecule has 23 heavy (non-hydrogen) atoms. The summed E-state index contributed by atoms with van der Waals surface area (Å²) in [5, 5.41) is 0. The van der Waals surface area contributed by atoms with Gasteiger partial charge in [-0.15, -0.1) is 0 Å². The van der Waals surface area contributed by atoms with E-state index in [1.54, 1.807) is 20.1 Å². The summed E-state index contributed by atoms with van der Waals surface area (Å²) < 4.78 is 32.0. The molecule has 0 unspecified atom stereocenters. The van der Waals surface area contributed by atoms with E-state index in [9.17, 15) is 8.42 Å². The number of sulfonamides is 1. The molecule has 1 aromatic carbocycles. The lowest BCUT2D eigenvalue weighted by Crippen LogP contribution is -2.40. The highest BCUT2D eigenvalue weighted by molar-refractivity contribution is 7.90. The highest BCUT2D eigenvalue weighted by Crippen LogP contribution is 2.31. The lowest BCUT2D eigenvalue weighted by Gasteiger charge is -2.26. The molecule has 6 heteroatoms. The van der Waals surface area contributed by atoms with E-state index in [1.165, 1.54) is 0 Å². The molecule has 0 radical (unpaired) electrons. The standard InChI is InChI=1S/C17H24N2O3S/c1-5-12-18-23(20,21)17(2,3)14-8-10-15(11-9-14)19(4)16-7-6-13-22-16/h6-11,13,18H,5,12H2,1-4H3. The Morgan fingerprint density at radius 2 is 1.83 bits per heavy atom. The summed E-state index contributed by atoms with van der Waals surface area (Å²) in [5.41, 5.74) is 1.68. The van der Waals surface area contributed by atoms with Crippen molar-refractivity contribution < 1.29 is 12.8 Å². The quantitative estimate of drug-likeness (QED) is 0.839. The van der Waals surface area contributed by atoms with Crippen LogP contribution in [0, 0.1) is 0 Å². The molecule has 2 rings (SSSR count). The highest BCUT2D eigenvalue weighted by Gasteiger charge is 2.35. The molecule has 1 heterocycles. The number of hydrogen-bond acceptors (Lipinski definition) is 4. The van der Waals surface area contributed by atoms with Crippen LogP contribution in [0.5, 0.6) is 0 Å². The summed E-state index contributed by atoms with van der Waals surface area (Å²) in [4.78, 5) is 1.90. The van der Waals surface area contributed by atoms with Gasteiger partial charge in [0.05, 0.1) is 6.26 Å². The molecule has 0 aliphatic heterocycles. The monoisotopic (exact) mass is 336 g/mol. The van der Waals surface area contributed by atoms with Crippen molar-refractivity contribution in [2.75, 3.05) is 18.5 Å². The average Bonchev–Trinajstić information content (AvgIpc) is 3.06. The van der Waals surface area contributed by atoms with Crippen molar-refractivity contribution in [3.05, 3.63) is 48.2 Å². The van der Waals surface area contributed by atoms with E-state index in [0.29, 0.717) is 6.54 Å². The molecule has 0 atom stereocenters. The van der Waals surface area contributed by atoms with Crippen LogP contribution in [0.2, 0.25) is 0 Å². The van der Waals surface area contributed by atoms with Crippen molar-refractivity contribution in [2.45, 2.75) is 31.9 Å². The first-order valence-corrected chi connectivity index (χ1v) is 9.15. The SMILES string of the molecule is CCCNS(=O)(=O)C(C)(C)c1ccc(N(C)c2ccco2)cc1. The Hall–Kier alpha value is -1.79. The van der Waals surface area contributed by atoms with E-state index < -0.39 is 14.8 Å². The smallest absolute Gasteiger partial charge is 0.221 e. The lowest BCUT2D eigenvalue weighted by molar-refractivity contribution is 0.539. The maximum Gasteiger partial charge on any atom is 0.221 e. The first-order chi connectivity index (χ1) is 10.8. The van der Waals surface area contributed by atoms with E-state index in [1.807, 2.05) is 55.3 Å². The van der Waals surface area contributed by atoms with Gasteiger partial charge >= 0.3 is 0 Å². The van der Waals surface area contributed by atoms with Crippen LogP contribution in [0.1, 0.15) is 32.8 Å². The molecule has 2 aromatic rings. The van der Waals surface area contributed by atoms with Gasteiger partial charge in [-0.05, 0) is 44.0 Å². The van der Waals surface area contributed by atoms with Crippen molar-refractivity contribution in [3.8, 4) is 0 Å². The molecule has 0 saturated heterocycles. The lowest BCUT2D eigenvalue weighted by atomic mass is 10.0. The molecule has 126 valence electrons. The van der Waals surface area contributed by atoms with Gasteiger partial charge in [0.2, 0.25) is 10.0 Å². The number of furan rings is 1. The number of benzene rings is 1. The van der Waals surface area contributed by atoms with Gasteiger partial charge < -0.3 is 9.32 Å². The Balaban J connectivity index is 2.24. The molecule has 0 bridgehead atoms. The zero-order chi connectivity index (χ0) is 17.1. The van der Waals surface area contributed by atoms with Crippen LogP contribution >= 0.6 is 0 Å². The largest absolute Gasteiger partial charge is 0.448 e. The Morgan fingerprint density at radius 1 is 1.17 bits per heavy atom. The molecule has 1 N–H and O–H groups in total. The zero-order valence-corrected chi connectivity index (χ0v) is 14.9. The third-order valence-electron chi connectivity index (χ3n) is 4.00. The third-order valence-corrected chi connectivity index (χ3v) is 6.16. The Kier molecular flexibility index (Phi) is 5.16. The van der Waals surface area contributed by atoms with Crippen LogP contribution in [0.25, 0.3) is 0 Å². The van der Waals surface area contributed by atoms with E-state index in [2.05, 4.69) is 4.72 Å². The highest BCUT2D eigenvalue weighted by atomic mass is 32.2. The summed E-state index contributed by atoms with van der Waals surface area (Å²) in [5.74, 6) is 0.731. The van der Waals surface area contributed by atoms with Gasteiger partial charge in [-0.2, -0.15) is 0 Å². The van der Waals surface area contributed by atoms with Crippen LogP contribution in [0.3, 0.4) is 0 Å². The second-order valence-corrected chi connectivity index (χ2v) is 8.28. The molecule has 0 aliphatic rings. The van der Waals surface area contributed by atoms with Gasteiger partial charge in [0.15, 0.2) is 5.88 Å². The Bertz CT molecular complexity index is 720. The fraction of sp³-hybridized carbons (Fsp3) is 0.412. The van der Waals surface area contributed by atoms with Crippen LogP contribution in [-0.4, -0.2) is 22.0 Å². The van der Waals surface area contributed by atoms with Crippen molar-refractivity contribution in [1.29, 1.82) is 0 Å². The van der Waals surface area contributed by atoms with Crippen molar-refractivity contribution in [3.63, 3.8) is 0 Å². The minimum absolute atomic E-state index is 0.449. The van der Waals surface area contributed by atoms with Crippen LogP contribution in [-0.2, 0) is 14.8 Å². The fourth-order valence-corrected chi connectivity index (χ4v) is 3.53. The van der Waals surface area contributed by atoms with Gasteiger partial charge in [-0.25, -0.2) is 13.1 Å². The van der Waals surface area contributed by atoms with E-state index >= 15 is 0 Å². The topological polar surface area (TPSA) is 62.6 Å². The van der Waals surface area contributed by atoms with E-state index in [4.69, 9.17) is 4.42 Å². The third kappa shape index (κ3) is 3.59. The molecule has 0 aliphatic carbocycles. The van der Waals surface area contributed by atoms with Gasteiger partial charge in [0.25, 0.3) is 0 Å². The number of nitrogens with zero attached hydrogens (tertiary/aromatic N) is 1. The first kappa shape index (κ1) is 17.6. The van der Waals surface area contributed by atoms with Crippen molar-refractivity contribution >= 4 is 21.6 Å². The maximum atomic E-state index is 12.5. The normalized spacial score (nSPS) is 12.3. The molecule has 0 fully saturated rings. The van der Waals surface area contributed by atoms with Gasteiger partial charge in [0.1, 0.15) is 4.75 Å². The molecule has 0 amide bonds. The molecule has 5 nitrogen and oxygen atoms in total. The minimum Gasteiger partial charge on any atom is -0.448 e. The second-order valence-electron chi connectivity index (χ2n) is 5.97. The van der Waals surface area contributed by atoms with Gasteiger partial charge in [-0.3, -0.25) is 0 Å². The van der Waals surface area contributed by atoms with Crippen molar-refractivity contribution in [2.24, 2.45) is 0 Å². The Labute approximate surface area is 138 Å². The van der Waals surface area contributed by atoms with Crippen LogP contribution in [0.4, 0.5) is 11.6 Å². The average molecular weight is 336 g/mol. The summed E-state index contributed by atoms with van der Waals surface area (Å²) in [6, 6.07) is 11.2. The van der Waals surface area contributed by atoms with Crippen molar-refractivity contribution in [1.82, 2.24) is 4.72 Å². The predicted molar refractivity (Wildman–Crippen MR) is 93.5 cm³/mol. The van der Waals surface area contributed by atoms with Gasteiger partial charge in [-0.1, -0.05) is 19.1 Å². The number of hydrogen-bond donors (Lipinski definition) is 1. The molecule has 0 saturated carbocycles. The minimum atomic E-state index is -3.43. The Morgan fingerprint density at radius 3 is 2.35 bits per heavy atom. The maximum absolute atomic E-state index is 12.5. The predicted octanol–water partition coefficient (Wildman–Crippen LogP) is 3.61. The molecule has 1 aromatic heterocycles. The van der Waals surface area contributed by atoms with E-state index in [-0.39, 0.29) is 0 Å². The molecular formula is C17H24N2O3S. The molecule has 0 spiro atoms. The van der Waals surface area contributed by atoms with Crippen LogP contribution in [0.15, 0.2) is 47.1 Å². The summed E-state index contributed by atoms with van der Waals surface area (Å²) in [6.07, 6.45) is 2.39. The molecular weight excluding hydrogens is 312 g/mol. The van der Waals surface area contributed by atoms with Crippen LogP contribution < -0.4 is 9.62 Å². The first-order valence-electron chi connectivity index (χ1n) is 7.66. The summed E-state index contributed by atoms with van der Waals surface area (Å²) in [7, 11) is -1.53. The number of anilines is 2. The summed E-state index contributed by atoms with van der Waals surface area (Å²) in [6.45, 7) is 5.83. The zero-order valence-electron chi connectivity index (χ0n) is 14.0. The fourth-order valence-electron chi connectivity index (χ4n) is 2.25. The summed E-state index contributed by atoms with van der Waals surface area (Å²) >= 11 is 0. The van der Waals surface area contributed by atoms with E-state index in [0.717, 1.165) is 23.6 Å².